The predicted octanol–water partition coefficient (Wildman–Crippen LogP) is -1.17. The summed E-state index contributed by atoms with van der Waals surface area (Å²) in [5.41, 5.74) is 0. The number of imide groups is 1. The summed E-state index contributed by atoms with van der Waals surface area (Å²) < 4.78 is 10.3. The number of hydrogen-bond donors (Lipinski definition) is 2. The van der Waals surface area contributed by atoms with Crippen LogP contribution in [0.15, 0.2) is 12.2 Å². The Bertz CT molecular complexity index is 494. The number of hydrogen-bond acceptors (Lipinski definition) is 6. The van der Waals surface area contributed by atoms with Crippen LogP contribution in [0.25, 0.3) is 0 Å². The van der Waals surface area contributed by atoms with Crippen molar-refractivity contribution in [3.05, 3.63) is 12.2 Å². The minimum absolute atomic E-state index is 0. The van der Waals surface area contributed by atoms with E-state index in [9.17, 15) is 19.5 Å². The quantitative estimate of drug-likeness (QED) is 0.508. The van der Waals surface area contributed by atoms with E-state index in [0.717, 1.165) is 4.90 Å². The smallest absolute Gasteiger partial charge is 0.253 e. The number of nitrogens with one attached hydrogen (secondary N) is 1. The molecule has 8 nitrogen and oxygen atoms in total. The number of carbonyl (C=O) groups excluding carboxylic acids is 3. The average molecular weight is 415 g/mol. The Morgan fingerprint density at radius 2 is 1.96 bits per heavy atom. The van der Waals surface area contributed by atoms with Crippen LogP contribution in [0.1, 0.15) is 12.8 Å². The van der Waals surface area contributed by atoms with E-state index in [-0.39, 0.29) is 63.5 Å². The Morgan fingerprint density at radius 1 is 1.33 bits per heavy atom. The summed E-state index contributed by atoms with van der Waals surface area (Å²) >= 11 is 0. The molecule has 1 unspecified atom stereocenters. The molecular weight excluding hydrogens is 393 g/mol. The van der Waals surface area contributed by atoms with Crippen LogP contribution in [0.4, 0.5) is 0 Å². The fourth-order valence-corrected chi connectivity index (χ4v) is 3.08. The van der Waals surface area contributed by atoms with Gasteiger partial charge in [0, 0.05) is 78.0 Å². The normalized spacial score (nSPS) is 29.0. The number of carbonyl (C=O) groups is 3. The van der Waals surface area contributed by atoms with Gasteiger partial charge in [-0.15, -0.1) is 0 Å². The van der Waals surface area contributed by atoms with Gasteiger partial charge in [-0.1, -0.05) is 0 Å². The largest absolute Gasteiger partial charge is 0.390 e. The molecular formula is C15H22N2O6Y. The van der Waals surface area contributed by atoms with Crippen LogP contribution in [0, 0.1) is 5.92 Å². The summed E-state index contributed by atoms with van der Waals surface area (Å²) in [6.07, 6.45) is 1.71. The summed E-state index contributed by atoms with van der Waals surface area (Å²) in [4.78, 5) is 35.9. The third-order valence-corrected chi connectivity index (χ3v) is 4.24. The van der Waals surface area contributed by atoms with Gasteiger partial charge in [0.1, 0.15) is 6.10 Å². The number of rotatable bonds is 7. The second kappa shape index (κ2) is 9.72. The number of nitrogens with zero attached hydrogens (tertiary/aromatic N) is 1. The molecule has 3 amide bonds. The molecule has 131 valence electrons. The summed E-state index contributed by atoms with van der Waals surface area (Å²) in [5, 5.41) is 13.0. The summed E-state index contributed by atoms with van der Waals surface area (Å²) in [7, 11) is 3.04. The van der Waals surface area contributed by atoms with Crippen molar-refractivity contribution in [3.8, 4) is 0 Å². The van der Waals surface area contributed by atoms with E-state index >= 15 is 0 Å². The molecule has 2 rings (SSSR count). The third kappa shape index (κ3) is 4.92. The Morgan fingerprint density at radius 3 is 2.50 bits per heavy atom. The number of ether oxygens (including phenoxy) is 2. The number of aliphatic hydroxyl groups is 1. The van der Waals surface area contributed by atoms with Gasteiger partial charge in [-0.05, 0) is 6.42 Å². The Hall–Kier alpha value is -0.666. The molecule has 0 aromatic rings. The molecule has 0 bridgehead atoms. The van der Waals surface area contributed by atoms with Crippen LogP contribution in [0.2, 0.25) is 0 Å². The zero-order chi connectivity index (χ0) is 17.0. The van der Waals surface area contributed by atoms with Crippen LogP contribution < -0.4 is 5.32 Å². The van der Waals surface area contributed by atoms with Crippen LogP contribution >= 0.6 is 0 Å². The van der Waals surface area contributed by atoms with Crippen molar-refractivity contribution in [1.29, 1.82) is 0 Å². The van der Waals surface area contributed by atoms with Gasteiger partial charge >= 0.3 is 0 Å². The van der Waals surface area contributed by atoms with E-state index in [1.165, 1.54) is 19.3 Å². The van der Waals surface area contributed by atoms with Crippen molar-refractivity contribution in [2.24, 2.45) is 5.92 Å². The molecule has 24 heavy (non-hydrogen) atoms. The Labute approximate surface area is 165 Å². The van der Waals surface area contributed by atoms with E-state index < -0.39 is 24.0 Å². The molecule has 0 aromatic carbocycles. The summed E-state index contributed by atoms with van der Waals surface area (Å²) in [6.45, 7) is 0.417. The summed E-state index contributed by atoms with van der Waals surface area (Å²) in [5.74, 6) is -1.22. The first kappa shape index (κ1) is 21.4. The Balaban J connectivity index is 0.00000288. The maximum absolute atomic E-state index is 12.1. The van der Waals surface area contributed by atoms with Crippen molar-refractivity contribution < 1.29 is 61.7 Å². The average Bonchev–Trinajstić information content (AvgIpc) is 2.98. The molecule has 1 heterocycles. The van der Waals surface area contributed by atoms with Crippen molar-refractivity contribution in [2.75, 3.05) is 27.4 Å². The van der Waals surface area contributed by atoms with Gasteiger partial charge in [0.2, 0.25) is 5.91 Å². The molecule has 2 N–H and O–H groups in total. The van der Waals surface area contributed by atoms with Crippen molar-refractivity contribution >= 4 is 17.7 Å². The van der Waals surface area contributed by atoms with E-state index in [0.29, 0.717) is 13.0 Å². The molecule has 0 aromatic heterocycles. The first-order valence-corrected chi connectivity index (χ1v) is 7.50. The van der Waals surface area contributed by atoms with E-state index in [1.54, 1.807) is 7.11 Å². The van der Waals surface area contributed by atoms with Crippen molar-refractivity contribution in [2.45, 2.75) is 31.1 Å². The van der Waals surface area contributed by atoms with Crippen molar-refractivity contribution in [1.82, 2.24) is 10.2 Å². The number of amides is 3. The predicted molar refractivity (Wildman–Crippen MR) is 79.2 cm³/mol. The zero-order valence-corrected chi connectivity index (χ0v) is 16.6. The molecule has 9 heteroatoms. The second-order valence-corrected chi connectivity index (χ2v) is 5.73. The number of methoxy groups -OCH3 is 2. The van der Waals surface area contributed by atoms with E-state index in [4.69, 9.17) is 9.47 Å². The second-order valence-electron chi connectivity index (χ2n) is 5.73. The monoisotopic (exact) mass is 415 g/mol. The fraction of sp³-hybridized carbons (Fsp3) is 0.667. The standard InChI is InChI=1S/C15H22N2O6.Y/c1-22-8-9-7-10(15(23-2)14(9)21)16-11(18)5-6-17-12(19)3-4-13(17)20;/h3-4,9-10,14-15,21H,5-8H2,1-2H3,(H,16,18);/t9-,10-,14?,15-;/m1./s1. The van der Waals surface area contributed by atoms with Gasteiger partial charge in [0.25, 0.3) is 11.8 Å². The van der Waals surface area contributed by atoms with Gasteiger partial charge in [-0.3, -0.25) is 19.3 Å². The SMILES string of the molecule is COC[C@H]1C[C@@H](NC(=O)CCN2C(=O)C=CC2=O)[C@@H](OC)C1O.[Y]. The molecule has 1 aliphatic carbocycles. The van der Waals surface area contributed by atoms with Gasteiger partial charge in [0.05, 0.1) is 18.8 Å². The van der Waals surface area contributed by atoms with Gasteiger partial charge < -0.3 is 19.9 Å². The van der Waals surface area contributed by atoms with Crippen LogP contribution in [-0.2, 0) is 56.6 Å². The van der Waals surface area contributed by atoms with Gasteiger partial charge in [-0.25, -0.2) is 0 Å². The van der Waals surface area contributed by atoms with Crippen LogP contribution in [-0.4, -0.2) is 73.3 Å². The number of aliphatic hydroxyl groups excluding tert-OH is 1. The molecule has 0 spiro atoms. The topological polar surface area (TPSA) is 105 Å². The molecule has 1 aliphatic heterocycles. The van der Waals surface area contributed by atoms with Gasteiger partial charge in [-0.2, -0.15) is 0 Å². The molecule has 1 radical (unpaired) electrons. The minimum Gasteiger partial charge on any atom is -0.390 e. The van der Waals surface area contributed by atoms with Crippen LogP contribution in [0.5, 0.6) is 0 Å². The van der Waals surface area contributed by atoms with Gasteiger partial charge in [0.15, 0.2) is 0 Å². The van der Waals surface area contributed by atoms with E-state index in [1.807, 2.05) is 0 Å². The molecule has 0 saturated heterocycles. The zero-order valence-electron chi connectivity index (χ0n) is 13.8. The Kier molecular flexibility index (Phi) is 8.66. The molecule has 2 aliphatic rings. The van der Waals surface area contributed by atoms with E-state index in [2.05, 4.69) is 5.32 Å². The van der Waals surface area contributed by atoms with Crippen molar-refractivity contribution in [3.63, 3.8) is 0 Å². The molecule has 4 atom stereocenters. The summed E-state index contributed by atoms with van der Waals surface area (Å²) in [6, 6.07) is -0.328. The first-order valence-electron chi connectivity index (χ1n) is 7.50. The molecule has 1 fully saturated rings. The first-order chi connectivity index (χ1) is 11.0. The minimum atomic E-state index is -0.712. The fourth-order valence-electron chi connectivity index (χ4n) is 3.08. The maximum atomic E-state index is 12.1. The van der Waals surface area contributed by atoms with Crippen LogP contribution in [0.3, 0.4) is 0 Å². The third-order valence-electron chi connectivity index (χ3n) is 4.24. The maximum Gasteiger partial charge on any atom is 0.253 e. The molecule has 1 saturated carbocycles.